The highest BCUT2D eigenvalue weighted by atomic mass is 35.5. The highest BCUT2D eigenvalue weighted by Gasteiger charge is 2.11. The van der Waals surface area contributed by atoms with Gasteiger partial charge in [0.15, 0.2) is 11.5 Å². The third-order valence-electron chi connectivity index (χ3n) is 4.30. The van der Waals surface area contributed by atoms with E-state index < -0.39 is 0 Å². The van der Waals surface area contributed by atoms with Crippen LogP contribution < -0.4 is 20.1 Å². The van der Waals surface area contributed by atoms with Gasteiger partial charge in [0.05, 0.1) is 17.7 Å². The Morgan fingerprint density at radius 1 is 0.967 bits per heavy atom. The Morgan fingerprint density at radius 3 is 2.53 bits per heavy atom. The van der Waals surface area contributed by atoms with E-state index in [1.165, 1.54) is 0 Å². The topological polar surface area (TPSA) is 59.6 Å². The van der Waals surface area contributed by atoms with Crippen molar-refractivity contribution in [2.75, 3.05) is 25.6 Å². The van der Waals surface area contributed by atoms with Crippen molar-refractivity contribution in [3.63, 3.8) is 0 Å². The van der Waals surface area contributed by atoms with Gasteiger partial charge in [-0.2, -0.15) is 0 Å². The number of hydrogen-bond acceptors (Lipinski definition) is 4. The summed E-state index contributed by atoms with van der Waals surface area (Å²) in [7, 11) is 1.62. The van der Waals surface area contributed by atoms with Crippen molar-refractivity contribution in [1.82, 2.24) is 5.32 Å². The number of benzene rings is 3. The second-order valence-electron chi connectivity index (χ2n) is 6.45. The average Bonchev–Trinajstić information content (AvgIpc) is 2.74. The number of para-hydroxylation sites is 2. The lowest BCUT2D eigenvalue weighted by molar-refractivity contribution is 0.102. The van der Waals surface area contributed by atoms with Crippen molar-refractivity contribution in [3.05, 3.63) is 87.9 Å². The molecule has 0 atom stereocenters. The first-order chi connectivity index (χ1) is 14.6. The lowest BCUT2D eigenvalue weighted by Gasteiger charge is -2.11. The zero-order chi connectivity index (χ0) is 21.3. The second kappa shape index (κ2) is 10.9. The molecule has 0 saturated carbocycles. The fraction of sp³-hybridized carbons (Fsp3) is 0.174. The van der Waals surface area contributed by atoms with Gasteiger partial charge in [0, 0.05) is 23.8 Å². The van der Waals surface area contributed by atoms with E-state index in [2.05, 4.69) is 10.6 Å². The quantitative estimate of drug-likeness (QED) is 0.432. The Morgan fingerprint density at radius 2 is 1.77 bits per heavy atom. The van der Waals surface area contributed by atoms with Crippen molar-refractivity contribution < 1.29 is 14.3 Å². The Hall–Kier alpha value is -2.73. The molecule has 0 unspecified atom stereocenters. The molecule has 0 spiro atoms. The summed E-state index contributed by atoms with van der Waals surface area (Å²) in [5.74, 6) is 1.14. The van der Waals surface area contributed by atoms with Gasteiger partial charge < -0.3 is 20.1 Å². The van der Waals surface area contributed by atoms with E-state index in [-0.39, 0.29) is 5.91 Å². The van der Waals surface area contributed by atoms with Crippen LogP contribution in [0.5, 0.6) is 11.5 Å². The van der Waals surface area contributed by atoms with E-state index >= 15 is 0 Å². The van der Waals surface area contributed by atoms with Crippen LogP contribution in [0.15, 0.2) is 66.7 Å². The molecule has 0 fully saturated rings. The largest absolute Gasteiger partial charge is 0.493 e. The van der Waals surface area contributed by atoms with Crippen molar-refractivity contribution in [2.45, 2.75) is 6.54 Å². The summed E-state index contributed by atoms with van der Waals surface area (Å²) in [6, 6.07) is 19.9. The van der Waals surface area contributed by atoms with Crippen molar-refractivity contribution in [1.29, 1.82) is 0 Å². The molecule has 0 aliphatic carbocycles. The molecule has 0 saturated heterocycles. The summed E-state index contributed by atoms with van der Waals surface area (Å²) < 4.78 is 11.0. The van der Waals surface area contributed by atoms with E-state index in [0.29, 0.717) is 52.5 Å². The Balaban J connectivity index is 1.49. The number of carbonyl (C=O) groups is 1. The van der Waals surface area contributed by atoms with Crippen molar-refractivity contribution >= 4 is 34.8 Å². The zero-order valence-electron chi connectivity index (χ0n) is 16.5. The minimum Gasteiger partial charge on any atom is -0.493 e. The normalized spacial score (nSPS) is 10.5. The Kier molecular flexibility index (Phi) is 7.97. The predicted octanol–water partition coefficient (Wildman–Crippen LogP) is 5.42. The molecule has 0 aromatic heterocycles. The summed E-state index contributed by atoms with van der Waals surface area (Å²) >= 11 is 12.0. The molecular formula is C23H22Cl2N2O3. The number of amides is 1. The molecule has 7 heteroatoms. The number of halogens is 2. The number of carbonyl (C=O) groups excluding carboxylic acids is 1. The highest BCUT2D eigenvalue weighted by molar-refractivity contribution is 6.37. The molecule has 1 amide bonds. The van der Waals surface area contributed by atoms with Gasteiger partial charge in [-0.05, 0) is 48.0 Å². The van der Waals surface area contributed by atoms with E-state index in [1.54, 1.807) is 25.3 Å². The van der Waals surface area contributed by atoms with Crippen LogP contribution in [0, 0.1) is 0 Å². The summed E-state index contributed by atoms with van der Waals surface area (Å²) in [4.78, 5) is 12.5. The van der Waals surface area contributed by atoms with Crippen LogP contribution in [0.1, 0.15) is 15.9 Å². The maximum Gasteiger partial charge on any atom is 0.257 e. The maximum atomic E-state index is 12.5. The molecule has 0 aliphatic rings. The predicted molar refractivity (Wildman–Crippen MR) is 121 cm³/mol. The second-order valence-corrected chi connectivity index (χ2v) is 7.30. The van der Waals surface area contributed by atoms with Crippen LogP contribution in [-0.4, -0.2) is 26.2 Å². The third-order valence-corrected chi connectivity index (χ3v) is 4.84. The van der Waals surface area contributed by atoms with Crippen LogP contribution in [0.2, 0.25) is 10.0 Å². The lowest BCUT2D eigenvalue weighted by atomic mass is 10.1. The molecule has 3 aromatic carbocycles. The van der Waals surface area contributed by atoms with Crippen LogP contribution in [0.4, 0.5) is 5.69 Å². The molecule has 0 heterocycles. The minimum absolute atomic E-state index is 0.285. The van der Waals surface area contributed by atoms with Crippen molar-refractivity contribution in [2.24, 2.45) is 0 Å². The molecule has 2 N–H and O–H groups in total. The highest BCUT2D eigenvalue weighted by Crippen LogP contribution is 2.25. The summed E-state index contributed by atoms with van der Waals surface area (Å²) in [5, 5.41) is 6.98. The Labute approximate surface area is 185 Å². The standard InChI is InChI=1S/C23H22Cl2N2O3/c1-29-21-7-2-3-8-22(21)30-12-11-26-15-16-5-4-6-18(13-16)27-23(28)19-10-9-17(24)14-20(19)25/h2-10,13-14,26H,11-12,15H2,1H3,(H,27,28). The molecule has 30 heavy (non-hydrogen) atoms. The van der Waals surface area contributed by atoms with Gasteiger partial charge in [0.1, 0.15) is 6.61 Å². The molecule has 0 bridgehead atoms. The molecule has 156 valence electrons. The van der Waals surface area contributed by atoms with Gasteiger partial charge in [-0.25, -0.2) is 0 Å². The van der Waals surface area contributed by atoms with E-state index in [9.17, 15) is 4.79 Å². The first-order valence-corrected chi connectivity index (χ1v) is 10.1. The molecule has 0 aliphatic heterocycles. The van der Waals surface area contributed by atoms with Gasteiger partial charge in [-0.3, -0.25) is 4.79 Å². The molecule has 3 rings (SSSR count). The number of nitrogens with one attached hydrogen (secondary N) is 2. The SMILES string of the molecule is COc1ccccc1OCCNCc1cccc(NC(=O)c2ccc(Cl)cc2Cl)c1. The number of anilines is 1. The fourth-order valence-corrected chi connectivity index (χ4v) is 3.33. The number of rotatable bonds is 9. The number of methoxy groups -OCH3 is 1. The maximum absolute atomic E-state index is 12.5. The smallest absolute Gasteiger partial charge is 0.257 e. The Bertz CT molecular complexity index is 1010. The van der Waals surface area contributed by atoms with Gasteiger partial charge in [0.2, 0.25) is 0 Å². The van der Waals surface area contributed by atoms with E-state index in [4.69, 9.17) is 32.7 Å². The van der Waals surface area contributed by atoms with Gasteiger partial charge in [0.25, 0.3) is 5.91 Å². The van der Waals surface area contributed by atoms with Gasteiger partial charge in [-0.15, -0.1) is 0 Å². The fourth-order valence-electron chi connectivity index (χ4n) is 2.84. The van der Waals surface area contributed by atoms with Crippen LogP contribution in [0.3, 0.4) is 0 Å². The zero-order valence-corrected chi connectivity index (χ0v) is 18.0. The van der Waals surface area contributed by atoms with Gasteiger partial charge in [-0.1, -0.05) is 47.5 Å². The average molecular weight is 445 g/mol. The van der Waals surface area contributed by atoms with Crippen LogP contribution in [0.25, 0.3) is 0 Å². The van der Waals surface area contributed by atoms with E-state index in [1.807, 2.05) is 48.5 Å². The van der Waals surface area contributed by atoms with Gasteiger partial charge >= 0.3 is 0 Å². The molecule has 3 aromatic rings. The molecule has 0 radical (unpaired) electrons. The van der Waals surface area contributed by atoms with Crippen molar-refractivity contribution in [3.8, 4) is 11.5 Å². The van der Waals surface area contributed by atoms with Crippen LogP contribution in [-0.2, 0) is 6.54 Å². The molecular weight excluding hydrogens is 423 g/mol. The molecule has 5 nitrogen and oxygen atoms in total. The lowest BCUT2D eigenvalue weighted by Crippen LogP contribution is -2.21. The summed E-state index contributed by atoms with van der Waals surface area (Å²) in [5.41, 5.74) is 2.10. The number of ether oxygens (including phenoxy) is 2. The minimum atomic E-state index is -0.285. The first kappa shape index (κ1) is 22.0. The number of hydrogen-bond donors (Lipinski definition) is 2. The monoisotopic (exact) mass is 444 g/mol. The van der Waals surface area contributed by atoms with E-state index in [0.717, 1.165) is 5.56 Å². The first-order valence-electron chi connectivity index (χ1n) is 9.38. The summed E-state index contributed by atoms with van der Waals surface area (Å²) in [6.45, 7) is 1.81. The van der Waals surface area contributed by atoms with Crippen LogP contribution >= 0.6 is 23.2 Å². The third kappa shape index (κ3) is 6.13. The summed E-state index contributed by atoms with van der Waals surface area (Å²) in [6.07, 6.45) is 0.